The minimum atomic E-state index is -1.05. The molecule has 1 fully saturated rings. The Bertz CT molecular complexity index is 1490. The second-order valence-corrected chi connectivity index (χ2v) is 11.6. The Morgan fingerprint density at radius 1 is 0.761 bits per heavy atom. The summed E-state index contributed by atoms with van der Waals surface area (Å²) in [6.07, 6.45) is 7.86. The summed E-state index contributed by atoms with van der Waals surface area (Å²) in [5.41, 5.74) is 2.43. The molecule has 3 aromatic carbocycles. The van der Waals surface area contributed by atoms with Gasteiger partial charge in [0.25, 0.3) is 5.91 Å². The number of unbranched alkanes of at least 4 members (excludes halogenated alkanes) is 2. The second kappa shape index (κ2) is 16.9. The van der Waals surface area contributed by atoms with Gasteiger partial charge in [-0.15, -0.1) is 0 Å². The lowest BCUT2D eigenvalue weighted by Gasteiger charge is -2.27. The Kier molecular flexibility index (Phi) is 12.7. The number of halogens is 4. The van der Waals surface area contributed by atoms with E-state index in [0.717, 1.165) is 69.0 Å². The molecule has 0 atom stereocenters. The third-order valence-electron chi connectivity index (χ3n) is 7.98. The molecule has 0 radical (unpaired) electrons. The first-order valence-corrected chi connectivity index (χ1v) is 15.9. The molecule has 1 aliphatic carbocycles. The highest BCUT2D eigenvalue weighted by Crippen LogP contribution is 2.29. The first-order valence-electron chi connectivity index (χ1n) is 15.9. The molecular weight excluding hydrogens is 594 g/mol. The maximum atomic E-state index is 13.9. The highest BCUT2D eigenvalue weighted by molar-refractivity contribution is 6.14. The lowest BCUT2D eigenvalue weighted by molar-refractivity contribution is -0.113. The van der Waals surface area contributed by atoms with E-state index >= 15 is 0 Å². The van der Waals surface area contributed by atoms with E-state index in [1.54, 1.807) is 12.1 Å². The maximum absolute atomic E-state index is 13.9. The summed E-state index contributed by atoms with van der Waals surface area (Å²) in [4.78, 5) is 29.1. The van der Waals surface area contributed by atoms with Crippen LogP contribution < -0.4 is 10.6 Å². The fourth-order valence-corrected chi connectivity index (χ4v) is 5.42. The number of nitrogens with one attached hydrogen (secondary N) is 2. The van der Waals surface area contributed by atoms with Crippen LogP contribution in [0, 0.1) is 23.3 Å². The number of benzene rings is 3. The number of Topliss-reactive ketones (excluding diaryl/α,β-unsaturated/α-hetero) is 1. The number of anilines is 1. The molecule has 5 nitrogen and oxygen atoms in total. The molecule has 1 aliphatic rings. The summed E-state index contributed by atoms with van der Waals surface area (Å²) in [6, 6.07) is 13.3. The fraction of sp³-hybridized carbons (Fsp3) is 0.351. The van der Waals surface area contributed by atoms with Gasteiger partial charge in [-0.05, 0) is 111 Å². The Labute approximate surface area is 268 Å². The number of hydrogen-bond acceptors (Lipinski definition) is 4. The van der Waals surface area contributed by atoms with Gasteiger partial charge in [-0.3, -0.25) is 9.59 Å². The van der Waals surface area contributed by atoms with Crippen molar-refractivity contribution in [2.45, 2.75) is 58.4 Å². The number of carbonyl (C=O) groups excluding carboxylic acids is 2. The van der Waals surface area contributed by atoms with Crippen molar-refractivity contribution in [3.05, 3.63) is 112 Å². The predicted octanol–water partition coefficient (Wildman–Crippen LogP) is 8.19. The third-order valence-corrected chi connectivity index (χ3v) is 7.98. The molecule has 0 bridgehead atoms. The normalized spacial score (nSPS) is 16.8. The minimum absolute atomic E-state index is 0.144. The predicted molar refractivity (Wildman–Crippen MR) is 175 cm³/mol. The van der Waals surface area contributed by atoms with Crippen LogP contribution in [0.15, 0.2) is 71.8 Å². The molecule has 0 saturated heterocycles. The van der Waals surface area contributed by atoms with Crippen LogP contribution in [0.3, 0.4) is 0 Å². The highest BCUT2D eigenvalue weighted by atomic mass is 19.2. The van der Waals surface area contributed by atoms with Crippen molar-refractivity contribution >= 4 is 29.5 Å². The summed E-state index contributed by atoms with van der Waals surface area (Å²) in [5.74, 6) is -4.84. The number of nitrogens with zero attached hydrogens (tertiary/aromatic N) is 1. The van der Waals surface area contributed by atoms with Crippen LogP contribution in [-0.2, 0) is 4.79 Å². The molecule has 0 spiro atoms. The number of amides is 1. The molecular formula is C37H41F4N3O2. The Balaban J connectivity index is 1.46. The first-order chi connectivity index (χ1) is 22.2. The average Bonchev–Trinajstić information content (AvgIpc) is 3.04. The second-order valence-electron chi connectivity index (χ2n) is 11.6. The van der Waals surface area contributed by atoms with Crippen LogP contribution in [0.1, 0.15) is 73.9 Å². The number of rotatable bonds is 14. The molecule has 4 rings (SSSR count). The van der Waals surface area contributed by atoms with Crippen molar-refractivity contribution in [3.63, 3.8) is 0 Å². The monoisotopic (exact) mass is 635 g/mol. The molecule has 0 unspecified atom stereocenters. The van der Waals surface area contributed by atoms with E-state index < -0.39 is 29.3 Å². The topological polar surface area (TPSA) is 61.4 Å². The zero-order valence-electron chi connectivity index (χ0n) is 26.4. The van der Waals surface area contributed by atoms with Crippen molar-refractivity contribution in [3.8, 4) is 0 Å². The van der Waals surface area contributed by atoms with Crippen molar-refractivity contribution < 1.29 is 27.2 Å². The van der Waals surface area contributed by atoms with E-state index in [9.17, 15) is 27.2 Å². The van der Waals surface area contributed by atoms with Gasteiger partial charge in [-0.2, -0.15) is 0 Å². The van der Waals surface area contributed by atoms with Crippen molar-refractivity contribution in [1.29, 1.82) is 0 Å². The van der Waals surface area contributed by atoms with Crippen LogP contribution in [0.25, 0.3) is 12.2 Å². The van der Waals surface area contributed by atoms with Gasteiger partial charge in [0.15, 0.2) is 29.1 Å². The van der Waals surface area contributed by atoms with Crippen molar-refractivity contribution in [2.24, 2.45) is 0 Å². The van der Waals surface area contributed by atoms with Crippen molar-refractivity contribution in [2.75, 3.05) is 31.5 Å². The van der Waals surface area contributed by atoms with Gasteiger partial charge in [0.2, 0.25) is 0 Å². The summed E-state index contributed by atoms with van der Waals surface area (Å²) < 4.78 is 54.8. The van der Waals surface area contributed by atoms with E-state index in [4.69, 9.17) is 0 Å². The smallest absolute Gasteiger partial charge is 0.251 e. The Morgan fingerprint density at radius 2 is 1.28 bits per heavy atom. The fourth-order valence-electron chi connectivity index (χ4n) is 5.42. The largest absolute Gasteiger partial charge is 0.384 e. The van der Waals surface area contributed by atoms with Crippen LogP contribution >= 0.6 is 0 Å². The molecule has 46 heavy (non-hydrogen) atoms. The Hall–Kier alpha value is -4.24. The summed E-state index contributed by atoms with van der Waals surface area (Å²) in [7, 11) is 0. The zero-order valence-corrected chi connectivity index (χ0v) is 26.4. The van der Waals surface area contributed by atoms with E-state index in [2.05, 4.69) is 29.4 Å². The van der Waals surface area contributed by atoms with Gasteiger partial charge < -0.3 is 15.5 Å². The summed E-state index contributed by atoms with van der Waals surface area (Å²) >= 11 is 0. The molecule has 1 amide bonds. The van der Waals surface area contributed by atoms with Gasteiger partial charge in [0, 0.05) is 41.5 Å². The van der Waals surface area contributed by atoms with Gasteiger partial charge in [0.1, 0.15) is 0 Å². The van der Waals surface area contributed by atoms with Crippen LogP contribution in [-0.4, -0.2) is 48.8 Å². The highest BCUT2D eigenvalue weighted by Gasteiger charge is 2.29. The van der Waals surface area contributed by atoms with Gasteiger partial charge >= 0.3 is 0 Å². The standard InChI is InChI=1S/C37H41F4N3O2/c1-3-5-16-44(17-6-4-2)18-15-42-30-11-9-27(10-12-30)37(46)43-31-23-28(19-25-7-13-32(38)34(40)21-25)36(45)29(24-31)20-26-8-14-33(39)35(41)22-26/h7-14,19-22,31,42H,3-6,15-18,23-24H2,1-2H3,(H,43,46)/b28-19+,29-20+. The molecule has 0 heterocycles. The van der Waals surface area contributed by atoms with Gasteiger partial charge in [-0.1, -0.05) is 38.8 Å². The van der Waals surface area contributed by atoms with Crippen molar-refractivity contribution in [1.82, 2.24) is 10.2 Å². The lowest BCUT2D eigenvalue weighted by Crippen LogP contribution is -2.39. The van der Waals surface area contributed by atoms with E-state index in [-0.39, 0.29) is 46.8 Å². The summed E-state index contributed by atoms with van der Waals surface area (Å²) in [6.45, 7) is 8.27. The zero-order chi connectivity index (χ0) is 33.1. The molecule has 3 aromatic rings. The van der Waals surface area contributed by atoms with Crippen LogP contribution in [0.5, 0.6) is 0 Å². The minimum Gasteiger partial charge on any atom is -0.384 e. The average molecular weight is 636 g/mol. The molecule has 1 saturated carbocycles. The summed E-state index contributed by atoms with van der Waals surface area (Å²) in [5, 5.41) is 6.40. The first kappa shape index (κ1) is 34.6. The van der Waals surface area contributed by atoms with E-state index in [1.807, 2.05) is 12.1 Å². The van der Waals surface area contributed by atoms with Crippen LogP contribution in [0.2, 0.25) is 0 Å². The molecule has 0 aliphatic heterocycles. The van der Waals surface area contributed by atoms with E-state index in [0.29, 0.717) is 5.56 Å². The molecule has 2 N–H and O–H groups in total. The number of carbonyl (C=O) groups is 2. The lowest BCUT2D eigenvalue weighted by atomic mass is 9.83. The third kappa shape index (κ3) is 9.88. The quantitative estimate of drug-likeness (QED) is 0.139. The SMILES string of the molecule is CCCCN(CCCC)CCNc1ccc(C(=O)NC2C/C(=C\c3ccc(F)c(F)c3)C(=O)/C(=C/c3ccc(F)c(F)c3)C2)cc1. The van der Waals surface area contributed by atoms with Gasteiger partial charge in [0.05, 0.1) is 0 Å². The molecule has 0 aromatic heterocycles. The molecule has 244 valence electrons. The van der Waals surface area contributed by atoms with Gasteiger partial charge in [-0.25, -0.2) is 17.6 Å². The molecule has 9 heteroatoms. The maximum Gasteiger partial charge on any atom is 0.251 e. The van der Waals surface area contributed by atoms with Crippen LogP contribution in [0.4, 0.5) is 23.2 Å². The number of ketones is 1. The van der Waals surface area contributed by atoms with E-state index in [1.165, 1.54) is 37.1 Å². The Morgan fingerprint density at radius 3 is 1.76 bits per heavy atom. The number of hydrogen-bond donors (Lipinski definition) is 2.